The first kappa shape index (κ1) is 34.4. The summed E-state index contributed by atoms with van der Waals surface area (Å²) < 4.78 is 27.7. The Morgan fingerprint density at radius 2 is 1.74 bits per heavy atom. The quantitative estimate of drug-likeness (QED) is 0.152. The molecule has 6 nitrogen and oxygen atoms in total. The number of fused-ring (bicyclic) bond motifs is 1. The number of aryl methyl sites for hydroxylation is 1. The molecule has 0 amide bonds. The van der Waals surface area contributed by atoms with E-state index < -0.39 is 5.41 Å². The number of aliphatic hydroxyl groups excluding tert-OH is 3. The van der Waals surface area contributed by atoms with Crippen LogP contribution in [0.15, 0.2) is 90.0 Å². The van der Waals surface area contributed by atoms with Crippen LogP contribution in [0.4, 0.5) is 4.39 Å². The third kappa shape index (κ3) is 8.33. The van der Waals surface area contributed by atoms with Gasteiger partial charge in [0.2, 0.25) is 0 Å². The Hall–Kier alpha value is -3.93. The second-order valence-corrected chi connectivity index (χ2v) is 12.7. The summed E-state index contributed by atoms with van der Waals surface area (Å²) in [7, 11) is 0. The molecule has 0 bridgehead atoms. The number of unbranched alkanes of at least 4 members (excludes halogenated alkanes) is 1. The molecule has 0 aromatic heterocycles. The normalized spacial score (nSPS) is 18.9. The SMILES string of the molecule is N#CC1=C/CC\C=C/C(COc2cc(O[C@H]3CCc4c(-c5ccccc5F)cccc43)c(Cl)cc2CCCCC(CO)(CO)CO)=C\1. The van der Waals surface area contributed by atoms with Crippen molar-refractivity contribution in [2.75, 3.05) is 26.4 Å². The van der Waals surface area contributed by atoms with Crippen molar-refractivity contribution in [3.05, 3.63) is 118 Å². The molecule has 5 rings (SSSR count). The molecular weight excluding hydrogens is 617 g/mol. The van der Waals surface area contributed by atoms with Crippen LogP contribution in [0.2, 0.25) is 5.02 Å². The molecule has 1 atom stereocenters. The van der Waals surface area contributed by atoms with Gasteiger partial charge in [0.1, 0.15) is 30.0 Å². The van der Waals surface area contributed by atoms with Crippen molar-refractivity contribution < 1.29 is 29.2 Å². The minimum absolute atomic E-state index is 0.241. The first-order chi connectivity index (χ1) is 22.9. The van der Waals surface area contributed by atoms with E-state index in [1.165, 1.54) is 6.07 Å². The number of ether oxygens (including phenoxy) is 2. The van der Waals surface area contributed by atoms with Crippen LogP contribution in [0, 0.1) is 22.6 Å². The predicted octanol–water partition coefficient (Wildman–Crippen LogP) is 7.99. The van der Waals surface area contributed by atoms with Gasteiger partial charge in [-0.05, 0) is 91.0 Å². The zero-order valence-electron chi connectivity index (χ0n) is 26.4. The van der Waals surface area contributed by atoms with Crippen LogP contribution in [0.25, 0.3) is 11.1 Å². The molecular formula is C39H41ClFNO5. The zero-order valence-corrected chi connectivity index (χ0v) is 27.2. The maximum atomic E-state index is 14.7. The molecule has 0 saturated heterocycles. The monoisotopic (exact) mass is 657 g/mol. The highest BCUT2D eigenvalue weighted by Crippen LogP contribution is 2.43. The van der Waals surface area contributed by atoms with E-state index >= 15 is 0 Å². The van der Waals surface area contributed by atoms with E-state index in [2.05, 4.69) is 12.1 Å². The Morgan fingerprint density at radius 1 is 0.957 bits per heavy atom. The van der Waals surface area contributed by atoms with E-state index in [4.69, 9.17) is 21.1 Å². The molecule has 0 heterocycles. The summed E-state index contributed by atoms with van der Waals surface area (Å²) in [5.74, 6) is 0.839. The van der Waals surface area contributed by atoms with Gasteiger partial charge in [-0.25, -0.2) is 4.39 Å². The van der Waals surface area contributed by atoms with E-state index in [1.54, 1.807) is 12.1 Å². The summed E-state index contributed by atoms with van der Waals surface area (Å²) in [4.78, 5) is 0. The molecule has 3 N–H and O–H groups in total. The number of nitrogens with zero attached hydrogens (tertiary/aromatic N) is 1. The molecule has 3 aromatic carbocycles. The molecule has 47 heavy (non-hydrogen) atoms. The smallest absolute Gasteiger partial charge is 0.142 e. The number of benzene rings is 3. The fourth-order valence-corrected chi connectivity index (χ4v) is 6.46. The summed E-state index contributed by atoms with van der Waals surface area (Å²) >= 11 is 6.84. The molecule has 8 heteroatoms. The van der Waals surface area contributed by atoms with Gasteiger partial charge in [-0.2, -0.15) is 5.26 Å². The summed E-state index contributed by atoms with van der Waals surface area (Å²) in [6.45, 7) is -0.634. The number of hydrogen-bond donors (Lipinski definition) is 3. The molecule has 246 valence electrons. The molecule has 0 aliphatic heterocycles. The van der Waals surface area contributed by atoms with Crippen LogP contribution in [-0.4, -0.2) is 41.7 Å². The zero-order chi connectivity index (χ0) is 33.2. The lowest BCUT2D eigenvalue weighted by atomic mass is 9.85. The van der Waals surface area contributed by atoms with E-state index in [-0.39, 0.29) is 38.3 Å². The number of aliphatic hydroxyl groups is 3. The molecule has 3 aromatic rings. The topological polar surface area (TPSA) is 103 Å². The van der Waals surface area contributed by atoms with Crippen molar-refractivity contribution in [3.8, 4) is 28.7 Å². The lowest BCUT2D eigenvalue weighted by Crippen LogP contribution is -2.33. The van der Waals surface area contributed by atoms with Crippen LogP contribution in [-0.2, 0) is 12.8 Å². The van der Waals surface area contributed by atoms with E-state index in [0.29, 0.717) is 53.3 Å². The number of hydrogen-bond acceptors (Lipinski definition) is 6. The first-order valence-corrected chi connectivity index (χ1v) is 16.6. The van der Waals surface area contributed by atoms with Gasteiger partial charge in [0.15, 0.2) is 0 Å². The van der Waals surface area contributed by atoms with Gasteiger partial charge in [0.25, 0.3) is 0 Å². The Morgan fingerprint density at radius 3 is 2.51 bits per heavy atom. The van der Waals surface area contributed by atoms with Crippen molar-refractivity contribution in [1.82, 2.24) is 0 Å². The molecule has 0 radical (unpaired) electrons. The largest absolute Gasteiger partial charge is 0.488 e. The number of halogens is 2. The highest BCUT2D eigenvalue weighted by Gasteiger charge is 2.29. The van der Waals surface area contributed by atoms with Gasteiger partial charge < -0.3 is 24.8 Å². The Labute approximate surface area is 281 Å². The van der Waals surface area contributed by atoms with Crippen LogP contribution < -0.4 is 9.47 Å². The summed E-state index contributed by atoms with van der Waals surface area (Å²) in [5, 5.41) is 39.1. The second kappa shape index (κ2) is 16.3. The molecule has 0 unspecified atom stereocenters. The average Bonchev–Trinajstić information content (AvgIpc) is 3.49. The third-order valence-corrected chi connectivity index (χ3v) is 9.36. The minimum Gasteiger partial charge on any atom is -0.488 e. The summed E-state index contributed by atoms with van der Waals surface area (Å²) in [5.41, 5.74) is 4.95. The second-order valence-electron chi connectivity index (χ2n) is 12.3. The third-order valence-electron chi connectivity index (χ3n) is 9.07. The van der Waals surface area contributed by atoms with Crippen LogP contribution in [0.3, 0.4) is 0 Å². The fraction of sp³-hybridized carbons (Fsp3) is 0.359. The van der Waals surface area contributed by atoms with Crippen LogP contribution in [0.5, 0.6) is 11.5 Å². The van der Waals surface area contributed by atoms with Crippen molar-refractivity contribution in [1.29, 1.82) is 5.26 Å². The van der Waals surface area contributed by atoms with Gasteiger partial charge in [-0.15, -0.1) is 0 Å². The van der Waals surface area contributed by atoms with Crippen molar-refractivity contribution in [2.45, 2.75) is 57.5 Å². The number of allylic oxidation sites excluding steroid dienone is 4. The highest BCUT2D eigenvalue weighted by atomic mass is 35.5. The lowest BCUT2D eigenvalue weighted by molar-refractivity contribution is -0.00218. The van der Waals surface area contributed by atoms with E-state index in [0.717, 1.165) is 53.5 Å². The summed E-state index contributed by atoms with van der Waals surface area (Å²) in [6.07, 6.45) is 13.1. The molecule has 0 spiro atoms. The maximum absolute atomic E-state index is 14.7. The lowest BCUT2D eigenvalue weighted by Gasteiger charge is -2.27. The van der Waals surface area contributed by atoms with Gasteiger partial charge >= 0.3 is 0 Å². The van der Waals surface area contributed by atoms with Crippen LogP contribution >= 0.6 is 11.6 Å². The predicted molar refractivity (Wildman–Crippen MR) is 182 cm³/mol. The van der Waals surface area contributed by atoms with Gasteiger partial charge in [-0.1, -0.05) is 72.6 Å². The average molecular weight is 658 g/mol. The van der Waals surface area contributed by atoms with E-state index in [1.807, 2.05) is 54.6 Å². The maximum Gasteiger partial charge on any atom is 0.142 e. The summed E-state index contributed by atoms with van der Waals surface area (Å²) in [6, 6.07) is 18.6. The first-order valence-electron chi connectivity index (χ1n) is 16.2. The highest BCUT2D eigenvalue weighted by molar-refractivity contribution is 6.32. The van der Waals surface area contributed by atoms with Crippen molar-refractivity contribution >= 4 is 11.6 Å². The Kier molecular flexibility index (Phi) is 11.9. The van der Waals surface area contributed by atoms with Gasteiger partial charge in [-0.3, -0.25) is 0 Å². The molecule has 2 aliphatic rings. The molecule has 2 aliphatic carbocycles. The number of rotatable bonds is 14. The Balaban J connectivity index is 1.39. The fourth-order valence-electron chi connectivity index (χ4n) is 6.23. The minimum atomic E-state index is -0.915. The Bertz CT molecular complexity index is 1680. The molecule has 0 saturated carbocycles. The van der Waals surface area contributed by atoms with Crippen molar-refractivity contribution in [3.63, 3.8) is 0 Å². The van der Waals surface area contributed by atoms with Crippen molar-refractivity contribution in [2.24, 2.45) is 5.41 Å². The molecule has 0 fully saturated rings. The van der Waals surface area contributed by atoms with Gasteiger partial charge in [0, 0.05) is 22.6 Å². The van der Waals surface area contributed by atoms with E-state index in [9.17, 15) is 25.0 Å². The van der Waals surface area contributed by atoms with Crippen LogP contribution in [0.1, 0.15) is 61.3 Å². The number of nitriles is 1. The standard InChI is InChI=1S/C39H41ClFNO5/c40-34-20-29(11-6-7-18-39(24-43,25-44)26-45)37(46-23-28-10-3-1-2-9-27(19-28)22-42)21-38(34)47-36-17-16-31-30(13-8-14-33(31)36)32-12-4-5-15-35(32)41/h3-5,8-10,12-15,19-21,36,43-45H,1-2,6-7,11,16-18,23-26H2/b10-3-,27-9+,28-19+/t36-/m0/s1. The van der Waals surface area contributed by atoms with Gasteiger partial charge in [0.05, 0.1) is 30.9 Å².